The van der Waals surface area contributed by atoms with Gasteiger partial charge in [-0.3, -0.25) is 4.79 Å². The third-order valence-electron chi connectivity index (χ3n) is 4.79. The van der Waals surface area contributed by atoms with E-state index in [4.69, 9.17) is 0 Å². The van der Waals surface area contributed by atoms with E-state index < -0.39 is 5.25 Å². The summed E-state index contributed by atoms with van der Waals surface area (Å²) in [6, 6.07) is 23.3. The van der Waals surface area contributed by atoms with Crippen LogP contribution in [-0.2, 0) is 11.8 Å². The smallest absolute Gasteiger partial charge is 0.242 e. The fraction of sp³-hybridized carbons (Fsp3) is 0.125. The Labute approximate surface area is 184 Å². The van der Waals surface area contributed by atoms with Gasteiger partial charge in [0.15, 0.2) is 11.0 Å². The second kappa shape index (κ2) is 9.14. The van der Waals surface area contributed by atoms with E-state index >= 15 is 0 Å². The summed E-state index contributed by atoms with van der Waals surface area (Å²) in [7, 11) is 1.89. The third kappa shape index (κ3) is 4.83. The van der Waals surface area contributed by atoms with Crippen molar-refractivity contribution in [3.8, 4) is 11.4 Å². The number of nitrogens with zero attached hydrogens (tertiary/aromatic N) is 3. The van der Waals surface area contributed by atoms with Gasteiger partial charge in [0.05, 0.1) is 0 Å². The van der Waals surface area contributed by atoms with Crippen molar-refractivity contribution in [1.82, 2.24) is 14.8 Å². The summed E-state index contributed by atoms with van der Waals surface area (Å²) in [6.45, 7) is 2.03. The van der Waals surface area contributed by atoms with Gasteiger partial charge in [-0.15, -0.1) is 10.2 Å². The maximum absolute atomic E-state index is 13.2. The second-order valence-electron chi connectivity index (χ2n) is 7.14. The van der Waals surface area contributed by atoms with E-state index in [-0.39, 0.29) is 11.7 Å². The molecule has 0 aliphatic carbocycles. The predicted octanol–water partition coefficient (Wildman–Crippen LogP) is 5.40. The number of nitrogens with one attached hydrogen (secondary N) is 1. The second-order valence-corrected chi connectivity index (χ2v) is 8.21. The van der Waals surface area contributed by atoms with Crippen LogP contribution in [-0.4, -0.2) is 20.7 Å². The maximum atomic E-state index is 13.2. The molecular weight excluding hydrogens is 411 g/mol. The molecule has 0 spiro atoms. The van der Waals surface area contributed by atoms with Crippen LogP contribution in [0.15, 0.2) is 84.0 Å². The number of aromatic nitrogens is 3. The van der Waals surface area contributed by atoms with Crippen LogP contribution in [0, 0.1) is 12.7 Å². The number of rotatable bonds is 6. The summed E-state index contributed by atoms with van der Waals surface area (Å²) in [6.07, 6.45) is 0. The molecular formula is C24H21FN4OS. The zero-order valence-corrected chi connectivity index (χ0v) is 17.9. The Hall–Kier alpha value is -3.45. The van der Waals surface area contributed by atoms with E-state index in [0.29, 0.717) is 10.8 Å². The summed E-state index contributed by atoms with van der Waals surface area (Å²) in [5, 5.41) is 11.6. The van der Waals surface area contributed by atoms with Gasteiger partial charge in [-0.2, -0.15) is 0 Å². The molecule has 1 N–H and O–H groups in total. The van der Waals surface area contributed by atoms with Gasteiger partial charge >= 0.3 is 0 Å². The molecule has 156 valence electrons. The summed E-state index contributed by atoms with van der Waals surface area (Å²) in [5.41, 5.74) is 3.47. The Bertz CT molecular complexity index is 1190. The fourth-order valence-electron chi connectivity index (χ4n) is 3.20. The molecule has 4 aromatic rings. The van der Waals surface area contributed by atoms with Crippen LogP contribution >= 0.6 is 11.8 Å². The highest BCUT2D eigenvalue weighted by Crippen LogP contribution is 2.36. The first-order chi connectivity index (χ1) is 15.0. The standard InChI is InChI=1S/C24H21FN4OS/c1-16-7-6-10-18(15-16)22-27-28-24(29(22)2)31-21(17-8-4-3-5-9-17)23(30)26-20-13-11-19(25)12-14-20/h3-15,21H,1-2H3,(H,26,30)/t21-/m1/s1. The highest BCUT2D eigenvalue weighted by atomic mass is 32.2. The van der Waals surface area contributed by atoms with Crippen LogP contribution in [0.3, 0.4) is 0 Å². The van der Waals surface area contributed by atoms with Crippen LogP contribution in [0.5, 0.6) is 0 Å². The van der Waals surface area contributed by atoms with Crippen molar-refractivity contribution >= 4 is 23.4 Å². The first-order valence-electron chi connectivity index (χ1n) is 9.76. The number of anilines is 1. The molecule has 0 aliphatic heterocycles. The molecule has 0 bridgehead atoms. The number of hydrogen-bond donors (Lipinski definition) is 1. The number of aryl methyl sites for hydroxylation is 1. The fourth-order valence-corrected chi connectivity index (χ4v) is 4.20. The van der Waals surface area contributed by atoms with Gasteiger partial charge in [0.2, 0.25) is 5.91 Å². The Balaban J connectivity index is 1.63. The average molecular weight is 433 g/mol. The summed E-state index contributed by atoms with van der Waals surface area (Å²) >= 11 is 1.32. The van der Waals surface area contributed by atoms with Crippen LogP contribution in [0.25, 0.3) is 11.4 Å². The minimum Gasteiger partial charge on any atom is -0.325 e. The molecule has 1 heterocycles. The van der Waals surface area contributed by atoms with Crippen LogP contribution < -0.4 is 5.32 Å². The number of carbonyl (C=O) groups is 1. The molecule has 0 radical (unpaired) electrons. The summed E-state index contributed by atoms with van der Waals surface area (Å²) in [4.78, 5) is 13.2. The molecule has 0 unspecified atom stereocenters. The largest absolute Gasteiger partial charge is 0.325 e. The van der Waals surface area contributed by atoms with E-state index in [9.17, 15) is 9.18 Å². The maximum Gasteiger partial charge on any atom is 0.242 e. The zero-order chi connectivity index (χ0) is 21.8. The Morgan fingerprint density at radius 1 is 1.00 bits per heavy atom. The molecule has 0 fully saturated rings. The molecule has 5 nitrogen and oxygen atoms in total. The lowest BCUT2D eigenvalue weighted by Gasteiger charge is -2.16. The lowest BCUT2D eigenvalue weighted by molar-refractivity contribution is -0.115. The first kappa shape index (κ1) is 20.8. The Kier molecular flexibility index (Phi) is 6.13. The number of thioether (sulfide) groups is 1. The van der Waals surface area contributed by atoms with Gasteiger partial charge in [-0.05, 0) is 42.8 Å². The quantitative estimate of drug-likeness (QED) is 0.414. The van der Waals surface area contributed by atoms with Crippen molar-refractivity contribution in [2.45, 2.75) is 17.3 Å². The summed E-state index contributed by atoms with van der Waals surface area (Å²) in [5.74, 6) is 0.162. The van der Waals surface area contributed by atoms with Gasteiger partial charge in [0.1, 0.15) is 11.1 Å². The van der Waals surface area contributed by atoms with E-state index in [1.54, 1.807) is 0 Å². The van der Waals surface area contributed by atoms with Crippen molar-refractivity contribution < 1.29 is 9.18 Å². The molecule has 1 aromatic heterocycles. The van der Waals surface area contributed by atoms with Crippen LogP contribution in [0.1, 0.15) is 16.4 Å². The van der Waals surface area contributed by atoms with Gasteiger partial charge in [0, 0.05) is 18.3 Å². The van der Waals surface area contributed by atoms with E-state index in [1.807, 2.05) is 73.1 Å². The summed E-state index contributed by atoms with van der Waals surface area (Å²) < 4.78 is 15.1. The van der Waals surface area contributed by atoms with Crippen molar-refractivity contribution in [3.63, 3.8) is 0 Å². The predicted molar refractivity (Wildman–Crippen MR) is 121 cm³/mol. The SMILES string of the molecule is Cc1cccc(-c2nnc(S[C@@H](C(=O)Nc3ccc(F)cc3)c3ccccc3)n2C)c1. The molecule has 0 saturated carbocycles. The van der Waals surface area contributed by atoms with Gasteiger partial charge in [-0.25, -0.2) is 4.39 Å². The van der Waals surface area contributed by atoms with Crippen LogP contribution in [0.4, 0.5) is 10.1 Å². The van der Waals surface area contributed by atoms with E-state index in [1.165, 1.54) is 36.0 Å². The van der Waals surface area contributed by atoms with E-state index in [0.717, 1.165) is 22.5 Å². The molecule has 0 saturated heterocycles. The van der Waals surface area contributed by atoms with Crippen molar-refractivity contribution in [2.24, 2.45) is 7.05 Å². The number of amides is 1. The molecule has 1 atom stereocenters. The Morgan fingerprint density at radius 2 is 1.74 bits per heavy atom. The Morgan fingerprint density at radius 3 is 2.45 bits per heavy atom. The molecule has 3 aromatic carbocycles. The monoisotopic (exact) mass is 432 g/mol. The minimum atomic E-state index is -0.556. The average Bonchev–Trinajstić information content (AvgIpc) is 3.14. The zero-order valence-electron chi connectivity index (χ0n) is 17.1. The van der Waals surface area contributed by atoms with Gasteiger partial charge < -0.3 is 9.88 Å². The number of carbonyl (C=O) groups excluding carboxylic acids is 1. The lowest BCUT2D eigenvalue weighted by atomic mass is 10.1. The first-order valence-corrected chi connectivity index (χ1v) is 10.6. The van der Waals surface area contributed by atoms with Crippen molar-refractivity contribution in [2.75, 3.05) is 5.32 Å². The molecule has 0 aliphatic rings. The topological polar surface area (TPSA) is 59.8 Å². The van der Waals surface area contributed by atoms with E-state index in [2.05, 4.69) is 15.5 Å². The van der Waals surface area contributed by atoms with Gasteiger partial charge in [-0.1, -0.05) is 65.9 Å². The third-order valence-corrected chi connectivity index (χ3v) is 6.07. The normalized spacial score (nSPS) is 11.8. The number of benzene rings is 3. The van der Waals surface area contributed by atoms with Crippen molar-refractivity contribution in [1.29, 1.82) is 0 Å². The van der Waals surface area contributed by atoms with Crippen LogP contribution in [0.2, 0.25) is 0 Å². The number of hydrogen-bond acceptors (Lipinski definition) is 4. The highest BCUT2D eigenvalue weighted by molar-refractivity contribution is 8.00. The van der Waals surface area contributed by atoms with Gasteiger partial charge in [0.25, 0.3) is 0 Å². The molecule has 4 rings (SSSR count). The molecule has 7 heteroatoms. The molecule has 1 amide bonds. The molecule has 31 heavy (non-hydrogen) atoms. The number of halogens is 1. The highest BCUT2D eigenvalue weighted by Gasteiger charge is 2.25. The minimum absolute atomic E-state index is 0.220. The lowest BCUT2D eigenvalue weighted by Crippen LogP contribution is -2.19. The van der Waals surface area contributed by atoms with Crippen molar-refractivity contribution in [3.05, 3.63) is 95.8 Å².